The summed E-state index contributed by atoms with van der Waals surface area (Å²) in [4.78, 5) is 59.5. The van der Waals surface area contributed by atoms with E-state index in [1.807, 2.05) is 230 Å². The molecule has 0 amide bonds. The van der Waals surface area contributed by atoms with Crippen molar-refractivity contribution in [1.29, 1.82) is 0 Å². The number of fused-ring (bicyclic) bond motifs is 18. The molecule has 26 rings (SSSR count). The lowest BCUT2D eigenvalue weighted by molar-refractivity contribution is 0.991. The molecule has 13 heterocycles. The minimum Gasteiger partial charge on any atom is -0.255 e. The Bertz CT molecular complexity index is 8270. The molecule has 134 heavy (non-hydrogen) atoms. The fourth-order valence-electron chi connectivity index (χ4n) is 15.8. The summed E-state index contributed by atoms with van der Waals surface area (Å²) >= 11 is 10.8. The second kappa shape index (κ2) is 40.7. The number of thiophene rings is 6. The van der Waals surface area contributed by atoms with Gasteiger partial charge in [-0.1, -0.05) is 297 Å². The molecule has 0 aliphatic rings. The lowest BCUT2D eigenvalue weighted by Crippen LogP contribution is -1.99. The van der Waals surface area contributed by atoms with Crippen LogP contribution in [-0.4, -0.2) is 64.8 Å². The first-order valence-electron chi connectivity index (χ1n) is 43.9. The van der Waals surface area contributed by atoms with Crippen LogP contribution in [0.4, 0.5) is 0 Å². The molecule has 0 saturated carbocycles. The van der Waals surface area contributed by atoms with Gasteiger partial charge in [0.1, 0.15) is 22.3 Å². The summed E-state index contributed by atoms with van der Waals surface area (Å²) in [5, 5.41) is 10.2. The molecule has 13 nitrogen and oxygen atoms in total. The van der Waals surface area contributed by atoms with Crippen molar-refractivity contribution in [2.75, 3.05) is 0 Å². The van der Waals surface area contributed by atoms with Crippen molar-refractivity contribution in [3.05, 3.63) is 428 Å². The van der Waals surface area contributed by atoms with Crippen LogP contribution < -0.4 is 0 Å². The van der Waals surface area contributed by atoms with E-state index in [1.54, 1.807) is 22.7 Å². The molecule has 26 aromatic rings. The molecule has 0 atom stereocenters. The molecule has 13 aromatic carbocycles. The summed E-state index contributed by atoms with van der Waals surface area (Å²) < 4.78 is 14.4. The smallest absolute Gasteiger partial charge is 0.163 e. The zero-order valence-electron chi connectivity index (χ0n) is 74.6. The van der Waals surface area contributed by atoms with E-state index in [-0.39, 0.29) is 0 Å². The van der Waals surface area contributed by atoms with Crippen LogP contribution in [-0.2, 0) is 0 Å². The Morgan fingerprint density at radius 3 is 1.04 bits per heavy atom. The fraction of sp³-hybridized carbons (Fsp3) is 0.0696. The molecular weight excluding hydrogens is 1760 g/mol. The number of hydrogen-bond donors (Lipinski definition) is 0. The van der Waals surface area contributed by atoms with Gasteiger partial charge < -0.3 is 0 Å². The van der Waals surface area contributed by atoms with E-state index in [2.05, 4.69) is 313 Å². The van der Waals surface area contributed by atoms with Crippen molar-refractivity contribution in [3.8, 4) is 68.1 Å². The van der Waals surface area contributed by atoms with Gasteiger partial charge in [-0.05, 0) is 150 Å². The summed E-state index contributed by atoms with van der Waals surface area (Å²) in [6.45, 7) is 16.3. The number of aromatic nitrogens is 13. The SMILES string of the molecule is Cc1ccc2sc3cccnc3c2c1.Cc1cccc2c1sc1ccccc12.Cc1ccnc2c1sc1ccccc12.Cc1ccnc2c1sc1ccccc12.Cc1nc(-c2ccccc2)nc(-c2ccc(-c3ccccc3)cc2)n1.Cc1nc(-c2ccccc2)nc(-c2ccccc2)n1.Cc1nc(-c2ccccc2)nc2c1sc1ccccc12.Cc1ncc2c(n1)sc1ccccc12. The molecule has 19 heteroatoms. The van der Waals surface area contributed by atoms with Gasteiger partial charge in [-0.2, -0.15) is 0 Å². The average Bonchev–Trinajstić information content (AvgIpc) is 1.62. The Balaban J connectivity index is 0.0000000994. The predicted molar refractivity (Wildman–Crippen MR) is 571 cm³/mol. The summed E-state index contributed by atoms with van der Waals surface area (Å²) in [5.74, 6) is 5.92. The molecule has 0 unspecified atom stereocenters. The number of pyridine rings is 3. The number of hydrogen-bond acceptors (Lipinski definition) is 19. The minimum atomic E-state index is 0.700. The van der Waals surface area contributed by atoms with Gasteiger partial charge in [0.05, 0.1) is 46.6 Å². The maximum Gasteiger partial charge on any atom is 0.163 e. The molecule has 0 bridgehead atoms. The Kier molecular flexibility index (Phi) is 26.7. The number of aryl methyl sites for hydroxylation is 8. The van der Waals surface area contributed by atoms with Gasteiger partial charge in [0.25, 0.3) is 0 Å². The highest BCUT2D eigenvalue weighted by atomic mass is 32.1. The van der Waals surface area contributed by atoms with Crippen LogP contribution in [0.25, 0.3) is 190 Å². The van der Waals surface area contributed by atoms with Crippen LogP contribution in [0.15, 0.2) is 383 Å². The standard InChI is InChI=1S/C22H17N3.C17H12N2S.C16H13N3.C13H10S.3C12H9NS.C11H8N2S/c1-16-23-21(19-10-6-3-7-11-19)25-22(24-16)20-14-12-18(13-15-20)17-8-4-2-5-9-17;1-11-16-15(13-9-5-6-10-14(13)20-16)19-17(18-11)12-7-3-2-4-8-12;1-12-17-15(13-8-4-2-5-9-13)19-16(18-12)14-10-6-3-7-11-14;1-9-5-4-7-11-10-6-2-3-8-12(10)14-13(9)11;1-8-4-5-10-9(7-8)12-11(14-10)3-2-6-13-12;2*1-8-6-7-13-11-9-4-2-3-5-10(9)14-12(8)11;1-7-12-6-9-8-4-2-3-5-10(8)14-11(9)13-7/h2-15H,1H3;2-10H,1H3;2-11H,1H3;2-8H,1H3;3*2-7H,1H3;2-6H,1H3. The van der Waals surface area contributed by atoms with Crippen molar-refractivity contribution in [2.24, 2.45) is 0 Å². The highest BCUT2D eigenvalue weighted by Gasteiger charge is 2.17. The van der Waals surface area contributed by atoms with Gasteiger partial charge in [-0.25, -0.2) is 49.8 Å². The van der Waals surface area contributed by atoms with Gasteiger partial charge in [0, 0.05) is 129 Å². The zero-order valence-corrected chi connectivity index (χ0v) is 79.5. The van der Waals surface area contributed by atoms with E-state index < -0.39 is 0 Å². The summed E-state index contributed by atoms with van der Waals surface area (Å²) in [6.07, 6.45) is 7.54. The van der Waals surface area contributed by atoms with Crippen LogP contribution in [0.3, 0.4) is 0 Å². The summed E-state index contributed by atoms with van der Waals surface area (Å²) in [7, 11) is 0. The van der Waals surface area contributed by atoms with Crippen LogP contribution in [0.2, 0.25) is 0 Å². The van der Waals surface area contributed by atoms with E-state index >= 15 is 0 Å². The molecule has 0 aliphatic heterocycles. The molecule has 0 radical (unpaired) electrons. The Morgan fingerprint density at radius 2 is 0.545 bits per heavy atom. The van der Waals surface area contributed by atoms with Crippen molar-refractivity contribution >= 4 is 190 Å². The Labute approximate surface area is 799 Å². The minimum absolute atomic E-state index is 0.700. The highest BCUT2D eigenvalue weighted by Crippen LogP contribution is 2.41. The second-order valence-corrected chi connectivity index (χ2v) is 38.2. The van der Waals surface area contributed by atoms with Crippen molar-refractivity contribution in [1.82, 2.24) is 64.8 Å². The first-order valence-corrected chi connectivity index (χ1v) is 48.8. The van der Waals surface area contributed by atoms with Crippen molar-refractivity contribution in [3.63, 3.8) is 0 Å². The van der Waals surface area contributed by atoms with E-state index in [0.717, 1.165) is 89.1 Å². The topological polar surface area (TPSA) is 168 Å². The Morgan fingerprint density at radius 1 is 0.187 bits per heavy atom. The van der Waals surface area contributed by atoms with Crippen molar-refractivity contribution < 1.29 is 0 Å². The quantitative estimate of drug-likeness (QED) is 0.154. The monoisotopic (exact) mass is 1840 g/mol. The van der Waals surface area contributed by atoms with E-state index in [1.165, 1.54) is 123 Å². The molecular formula is C115H87N13S6. The molecule has 0 N–H and O–H groups in total. The Hall–Kier alpha value is -15.2. The summed E-state index contributed by atoms with van der Waals surface area (Å²) in [6, 6.07) is 122. The molecule has 0 spiro atoms. The van der Waals surface area contributed by atoms with Crippen LogP contribution in [0, 0.1) is 55.4 Å². The number of rotatable bonds is 6. The maximum absolute atomic E-state index is 4.79. The lowest BCUT2D eigenvalue weighted by Gasteiger charge is -2.07. The fourth-order valence-corrected chi connectivity index (χ4v) is 22.4. The zero-order chi connectivity index (χ0) is 91.4. The first-order chi connectivity index (χ1) is 65.7. The van der Waals surface area contributed by atoms with Crippen LogP contribution in [0.5, 0.6) is 0 Å². The number of benzene rings is 13. The van der Waals surface area contributed by atoms with Gasteiger partial charge in [0.2, 0.25) is 0 Å². The van der Waals surface area contributed by atoms with E-state index in [0.29, 0.717) is 23.3 Å². The van der Waals surface area contributed by atoms with Crippen LogP contribution >= 0.6 is 68.0 Å². The lowest BCUT2D eigenvalue weighted by atomic mass is 10.0. The van der Waals surface area contributed by atoms with Gasteiger partial charge >= 0.3 is 0 Å². The maximum atomic E-state index is 4.79. The number of nitrogens with zero attached hydrogens (tertiary/aromatic N) is 13. The highest BCUT2D eigenvalue weighted by molar-refractivity contribution is 7.28. The third kappa shape index (κ3) is 19.9. The van der Waals surface area contributed by atoms with E-state index in [9.17, 15) is 0 Å². The predicted octanol–water partition coefficient (Wildman–Crippen LogP) is 32.3. The van der Waals surface area contributed by atoms with Gasteiger partial charge in [-0.3, -0.25) is 15.0 Å². The average molecular weight is 1840 g/mol. The van der Waals surface area contributed by atoms with Crippen molar-refractivity contribution in [2.45, 2.75) is 55.4 Å². The first kappa shape index (κ1) is 88.1. The van der Waals surface area contributed by atoms with E-state index in [4.69, 9.17) is 4.98 Å². The van der Waals surface area contributed by atoms with Gasteiger partial charge in [0.15, 0.2) is 29.1 Å². The van der Waals surface area contributed by atoms with Crippen LogP contribution in [0.1, 0.15) is 45.4 Å². The second-order valence-electron chi connectivity index (χ2n) is 31.9. The molecule has 0 fully saturated rings. The molecule has 0 saturated heterocycles. The third-order valence-electron chi connectivity index (χ3n) is 22.4. The van der Waals surface area contributed by atoms with Gasteiger partial charge in [-0.15, -0.1) is 68.0 Å². The largest absolute Gasteiger partial charge is 0.255 e. The molecule has 0 aliphatic carbocycles. The summed E-state index contributed by atoms with van der Waals surface area (Å²) in [5.41, 5.74) is 18.3. The normalized spacial score (nSPS) is 11.0. The molecule has 648 valence electrons. The third-order valence-corrected chi connectivity index (χ3v) is 29.8. The molecule has 13 aromatic heterocycles.